The SMILES string of the molecule is CCN(CC)c1ncc(-c2cn[nH]c2C(C)=O)cn1. The Kier molecular flexibility index (Phi) is 3.89. The lowest BCUT2D eigenvalue weighted by Crippen LogP contribution is -2.23. The van der Waals surface area contributed by atoms with Crippen LogP contribution in [0.15, 0.2) is 18.6 Å². The lowest BCUT2D eigenvalue weighted by atomic mass is 10.1. The molecule has 2 aromatic heterocycles. The Balaban J connectivity index is 2.32. The Morgan fingerprint density at radius 1 is 1.21 bits per heavy atom. The number of carbonyl (C=O) groups excluding carboxylic acids is 1. The molecule has 6 heteroatoms. The third kappa shape index (κ3) is 2.62. The number of Topliss-reactive ketones (excluding diaryl/α,β-unsaturated/α-hetero) is 1. The third-order valence-corrected chi connectivity index (χ3v) is 2.99. The highest BCUT2D eigenvalue weighted by Gasteiger charge is 2.13. The standard InChI is InChI=1S/C13H17N5O/c1-4-18(5-2)13-14-6-10(7-15-13)11-8-16-17-12(11)9(3)19/h6-8H,4-5H2,1-3H3,(H,16,17). The van der Waals surface area contributed by atoms with Crippen LogP contribution in [-0.2, 0) is 0 Å². The molecule has 0 aliphatic heterocycles. The first-order chi connectivity index (χ1) is 9.17. The minimum Gasteiger partial charge on any atom is -0.341 e. The van der Waals surface area contributed by atoms with Gasteiger partial charge in [0.05, 0.1) is 6.20 Å². The molecule has 0 aliphatic rings. The molecule has 0 atom stereocenters. The van der Waals surface area contributed by atoms with Crippen molar-refractivity contribution in [2.75, 3.05) is 18.0 Å². The highest BCUT2D eigenvalue weighted by molar-refractivity contribution is 5.98. The van der Waals surface area contributed by atoms with Crippen LogP contribution in [-0.4, -0.2) is 39.0 Å². The summed E-state index contributed by atoms with van der Waals surface area (Å²) < 4.78 is 0. The zero-order valence-corrected chi connectivity index (χ0v) is 11.3. The third-order valence-electron chi connectivity index (χ3n) is 2.99. The first-order valence-corrected chi connectivity index (χ1v) is 6.29. The fourth-order valence-corrected chi connectivity index (χ4v) is 1.90. The number of nitrogens with zero attached hydrogens (tertiary/aromatic N) is 4. The van der Waals surface area contributed by atoms with E-state index in [1.54, 1.807) is 18.6 Å². The van der Waals surface area contributed by atoms with Gasteiger partial charge in [-0.1, -0.05) is 0 Å². The molecule has 0 spiro atoms. The van der Waals surface area contributed by atoms with Gasteiger partial charge in [-0.05, 0) is 13.8 Å². The predicted molar refractivity (Wildman–Crippen MR) is 73.2 cm³/mol. The molecule has 2 heterocycles. The van der Waals surface area contributed by atoms with Gasteiger partial charge in [-0.15, -0.1) is 0 Å². The molecule has 0 aromatic carbocycles. The maximum atomic E-state index is 11.4. The van der Waals surface area contributed by atoms with Gasteiger partial charge in [0, 0.05) is 43.5 Å². The second-order valence-electron chi connectivity index (χ2n) is 4.16. The van der Waals surface area contributed by atoms with Gasteiger partial charge in [0.25, 0.3) is 0 Å². The fraction of sp³-hybridized carbons (Fsp3) is 0.385. The molecule has 0 bridgehead atoms. The molecular weight excluding hydrogens is 242 g/mol. The van der Waals surface area contributed by atoms with Crippen LogP contribution < -0.4 is 4.90 Å². The molecule has 0 unspecified atom stereocenters. The fourth-order valence-electron chi connectivity index (χ4n) is 1.90. The van der Waals surface area contributed by atoms with Crippen molar-refractivity contribution in [2.45, 2.75) is 20.8 Å². The highest BCUT2D eigenvalue weighted by Crippen LogP contribution is 2.21. The van der Waals surface area contributed by atoms with Crippen LogP contribution in [0.3, 0.4) is 0 Å². The van der Waals surface area contributed by atoms with E-state index in [-0.39, 0.29) is 5.78 Å². The Labute approximate surface area is 111 Å². The molecule has 0 saturated carbocycles. The summed E-state index contributed by atoms with van der Waals surface area (Å²) in [5, 5.41) is 6.60. The monoisotopic (exact) mass is 259 g/mol. The Morgan fingerprint density at radius 2 is 1.84 bits per heavy atom. The number of aromatic nitrogens is 4. The van der Waals surface area contributed by atoms with E-state index in [9.17, 15) is 4.79 Å². The minimum absolute atomic E-state index is 0.0553. The van der Waals surface area contributed by atoms with E-state index in [2.05, 4.69) is 38.9 Å². The van der Waals surface area contributed by atoms with Crippen LogP contribution in [0.25, 0.3) is 11.1 Å². The summed E-state index contributed by atoms with van der Waals surface area (Å²) in [6.07, 6.45) is 5.06. The average Bonchev–Trinajstić information content (AvgIpc) is 2.90. The van der Waals surface area contributed by atoms with Crippen molar-refractivity contribution >= 4 is 11.7 Å². The number of anilines is 1. The first-order valence-electron chi connectivity index (χ1n) is 6.29. The number of nitrogens with one attached hydrogen (secondary N) is 1. The quantitative estimate of drug-likeness (QED) is 0.830. The largest absolute Gasteiger partial charge is 0.341 e. The number of rotatable bonds is 5. The van der Waals surface area contributed by atoms with Crippen molar-refractivity contribution in [3.05, 3.63) is 24.3 Å². The van der Waals surface area contributed by atoms with E-state index in [4.69, 9.17) is 0 Å². The van der Waals surface area contributed by atoms with Gasteiger partial charge in [-0.3, -0.25) is 9.89 Å². The maximum absolute atomic E-state index is 11.4. The number of hydrogen-bond acceptors (Lipinski definition) is 5. The summed E-state index contributed by atoms with van der Waals surface area (Å²) in [5.41, 5.74) is 2.01. The maximum Gasteiger partial charge on any atom is 0.225 e. The van der Waals surface area contributed by atoms with Gasteiger partial charge in [0.15, 0.2) is 5.78 Å². The molecule has 2 rings (SSSR count). The lowest BCUT2D eigenvalue weighted by molar-refractivity contribution is 0.101. The van der Waals surface area contributed by atoms with Crippen molar-refractivity contribution in [1.82, 2.24) is 20.2 Å². The summed E-state index contributed by atoms with van der Waals surface area (Å²) in [6.45, 7) is 7.35. The summed E-state index contributed by atoms with van der Waals surface area (Å²) in [7, 11) is 0. The van der Waals surface area contributed by atoms with Crippen LogP contribution in [0.5, 0.6) is 0 Å². The van der Waals surface area contributed by atoms with Crippen molar-refractivity contribution in [3.63, 3.8) is 0 Å². The molecule has 0 aliphatic carbocycles. The molecule has 100 valence electrons. The number of aromatic amines is 1. The lowest BCUT2D eigenvalue weighted by Gasteiger charge is -2.18. The van der Waals surface area contributed by atoms with Crippen LogP contribution in [0.1, 0.15) is 31.3 Å². The van der Waals surface area contributed by atoms with Crippen molar-refractivity contribution in [3.8, 4) is 11.1 Å². The molecule has 0 saturated heterocycles. The van der Waals surface area contributed by atoms with Crippen LogP contribution in [0.2, 0.25) is 0 Å². The zero-order valence-electron chi connectivity index (χ0n) is 11.3. The van der Waals surface area contributed by atoms with E-state index in [1.807, 2.05) is 0 Å². The molecule has 0 fully saturated rings. The summed E-state index contributed by atoms with van der Waals surface area (Å²) in [5.74, 6) is 0.641. The van der Waals surface area contributed by atoms with Crippen LogP contribution >= 0.6 is 0 Å². The smallest absolute Gasteiger partial charge is 0.225 e. The molecule has 1 N–H and O–H groups in total. The van der Waals surface area contributed by atoms with E-state index in [0.29, 0.717) is 11.6 Å². The van der Waals surface area contributed by atoms with Gasteiger partial charge >= 0.3 is 0 Å². The predicted octanol–water partition coefficient (Wildman–Crippen LogP) is 1.92. The van der Waals surface area contributed by atoms with Crippen molar-refractivity contribution in [2.24, 2.45) is 0 Å². The average molecular weight is 259 g/mol. The van der Waals surface area contributed by atoms with E-state index >= 15 is 0 Å². The summed E-state index contributed by atoms with van der Waals surface area (Å²) in [6, 6.07) is 0. The molecule has 19 heavy (non-hydrogen) atoms. The molecule has 6 nitrogen and oxygen atoms in total. The molecule has 0 radical (unpaired) electrons. The number of H-pyrrole nitrogens is 1. The highest BCUT2D eigenvalue weighted by atomic mass is 16.1. The number of carbonyl (C=O) groups is 1. The Morgan fingerprint density at radius 3 is 2.37 bits per heavy atom. The van der Waals surface area contributed by atoms with E-state index in [0.717, 1.165) is 24.2 Å². The Bertz CT molecular complexity index is 557. The van der Waals surface area contributed by atoms with Gasteiger partial charge in [0.2, 0.25) is 5.95 Å². The summed E-state index contributed by atoms with van der Waals surface area (Å²) in [4.78, 5) is 22.2. The Hall–Kier alpha value is -2.24. The summed E-state index contributed by atoms with van der Waals surface area (Å²) >= 11 is 0. The van der Waals surface area contributed by atoms with Crippen LogP contribution in [0.4, 0.5) is 5.95 Å². The molecule has 2 aromatic rings. The minimum atomic E-state index is -0.0553. The van der Waals surface area contributed by atoms with Gasteiger partial charge in [-0.2, -0.15) is 5.10 Å². The normalized spacial score (nSPS) is 10.5. The van der Waals surface area contributed by atoms with Gasteiger partial charge in [-0.25, -0.2) is 9.97 Å². The number of hydrogen-bond donors (Lipinski definition) is 1. The first kappa shape index (κ1) is 13.2. The number of ketones is 1. The van der Waals surface area contributed by atoms with Gasteiger partial charge in [0.1, 0.15) is 5.69 Å². The zero-order chi connectivity index (χ0) is 13.8. The van der Waals surface area contributed by atoms with Crippen molar-refractivity contribution < 1.29 is 4.79 Å². The van der Waals surface area contributed by atoms with Gasteiger partial charge < -0.3 is 4.90 Å². The van der Waals surface area contributed by atoms with Crippen molar-refractivity contribution in [1.29, 1.82) is 0 Å². The van der Waals surface area contributed by atoms with E-state index in [1.165, 1.54) is 6.92 Å². The topological polar surface area (TPSA) is 74.8 Å². The molecule has 0 amide bonds. The van der Waals surface area contributed by atoms with E-state index < -0.39 is 0 Å². The van der Waals surface area contributed by atoms with Crippen LogP contribution in [0, 0.1) is 0 Å². The second-order valence-corrected chi connectivity index (χ2v) is 4.16. The molecular formula is C13H17N5O. The second kappa shape index (κ2) is 5.60.